The summed E-state index contributed by atoms with van der Waals surface area (Å²) in [5.74, 6) is 1.23. The first kappa shape index (κ1) is 18.0. The Labute approximate surface area is 153 Å². The van der Waals surface area contributed by atoms with Crippen molar-refractivity contribution in [2.75, 3.05) is 20.8 Å². The van der Waals surface area contributed by atoms with Crippen LogP contribution < -0.4 is 9.47 Å². The molecule has 0 amide bonds. The molecular formula is C18H20ClNO4S. The second-order valence-corrected chi connectivity index (χ2v) is 8.20. The summed E-state index contributed by atoms with van der Waals surface area (Å²) < 4.78 is 38.0. The molecule has 3 rings (SSSR count). The molecule has 0 aromatic heterocycles. The third kappa shape index (κ3) is 3.21. The summed E-state index contributed by atoms with van der Waals surface area (Å²) in [7, 11) is -0.538. The molecule has 0 bridgehead atoms. The van der Waals surface area contributed by atoms with Gasteiger partial charge in [0.15, 0.2) is 0 Å². The maximum Gasteiger partial charge on any atom is 0.243 e. The van der Waals surface area contributed by atoms with Crippen molar-refractivity contribution in [3.05, 3.63) is 52.5 Å². The lowest BCUT2D eigenvalue weighted by Gasteiger charge is -2.34. The Bertz CT molecular complexity index is 898. The molecule has 2 aromatic carbocycles. The zero-order chi connectivity index (χ0) is 18.2. The number of methoxy groups -OCH3 is 2. The van der Waals surface area contributed by atoms with Gasteiger partial charge in [-0.3, -0.25) is 0 Å². The number of hydrogen-bond acceptors (Lipinski definition) is 4. The number of hydrogen-bond donors (Lipinski definition) is 0. The van der Waals surface area contributed by atoms with E-state index in [9.17, 15) is 8.42 Å². The van der Waals surface area contributed by atoms with Gasteiger partial charge < -0.3 is 9.47 Å². The van der Waals surface area contributed by atoms with Crippen LogP contribution in [0.2, 0.25) is 5.02 Å². The molecule has 25 heavy (non-hydrogen) atoms. The lowest BCUT2D eigenvalue weighted by Crippen LogP contribution is -2.38. The highest BCUT2D eigenvalue weighted by molar-refractivity contribution is 7.89. The Morgan fingerprint density at radius 1 is 1.12 bits per heavy atom. The van der Waals surface area contributed by atoms with Crippen LogP contribution in [0.3, 0.4) is 0 Å². The number of benzene rings is 2. The van der Waals surface area contributed by atoms with Gasteiger partial charge in [0, 0.05) is 12.6 Å². The Kier molecular flexibility index (Phi) is 4.95. The number of ether oxygens (including phenoxy) is 2. The Balaban J connectivity index is 1.97. The number of rotatable bonds is 4. The maximum atomic E-state index is 13.1. The van der Waals surface area contributed by atoms with Crippen molar-refractivity contribution in [3.63, 3.8) is 0 Å². The highest BCUT2D eigenvalue weighted by atomic mass is 35.5. The van der Waals surface area contributed by atoms with Crippen LogP contribution in [0.4, 0.5) is 0 Å². The first-order valence-corrected chi connectivity index (χ1v) is 9.72. The Hall–Kier alpha value is -1.76. The molecule has 1 aliphatic rings. The molecule has 0 saturated carbocycles. The zero-order valence-corrected chi connectivity index (χ0v) is 15.9. The Morgan fingerprint density at radius 3 is 2.52 bits per heavy atom. The molecule has 134 valence electrons. The number of halogens is 1. The van der Waals surface area contributed by atoms with Gasteiger partial charge in [-0.15, -0.1) is 0 Å². The molecule has 1 aliphatic heterocycles. The molecule has 5 nitrogen and oxygen atoms in total. The minimum atomic E-state index is -3.66. The largest absolute Gasteiger partial charge is 0.497 e. The summed E-state index contributed by atoms with van der Waals surface area (Å²) in [5, 5.41) is 0.276. The smallest absolute Gasteiger partial charge is 0.243 e. The quantitative estimate of drug-likeness (QED) is 0.810. The fraction of sp³-hybridized carbons (Fsp3) is 0.333. The average molecular weight is 382 g/mol. The fourth-order valence-electron chi connectivity index (χ4n) is 3.18. The Morgan fingerprint density at radius 2 is 1.88 bits per heavy atom. The molecular weight excluding hydrogens is 362 g/mol. The first-order valence-electron chi connectivity index (χ1n) is 7.90. The van der Waals surface area contributed by atoms with E-state index in [1.807, 2.05) is 25.1 Å². The molecule has 0 N–H and O–H groups in total. The van der Waals surface area contributed by atoms with Crippen LogP contribution in [-0.2, 0) is 16.4 Å². The third-order valence-corrected chi connectivity index (χ3v) is 6.82. The van der Waals surface area contributed by atoms with Crippen LogP contribution in [0.25, 0.3) is 0 Å². The number of nitrogens with zero attached hydrogens (tertiary/aromatic N) is 1. The molecule has 0 fully saturated rings. The number of fused-ring (bicyclic) bond motifs is 1. The van der Waals surface area contributed by atoms with Crippen molar-refractivity contribution in [3.8, 4) is 11.5 Å². The summed E-state index contributed by atoms with van der Waals surface area (Å²) in [6.07, 6.45) is 0.639. The van der Waals surface area contributed by atoms with Crippen LogP contribution >= 0.6 is 11.6 Å². The van der Waals surface area contributed by atoms with Gasteiger partial charge in [-0.2, -0.15) is 4.31 Å². The lowest BCUT2D eigenvalue weighted by atomic mass is 9.95. The molecule has 1 atom stereocenters. The summed E-state index contributed by atoms with van der Waals surface area (Å²) in [6.45, 7) is 2.31. The minimum Gasteiger partial charge on any atom is -0.497 e. The van der Waals surface area contributed by atoms with E-state index < -0.39 is 10.0 Å². The predicted octanol–water partition coefficient (Wildman–Crippen LogP) is 3.67. The van der Waals surface area contributed by atoms with E-state index in [2.05, 4.69) is 0 Å². The molecule has 7 heteroatoms. The van der Waals surface area contributed by atoms with Gasteiger partial charge in [0.25, 0.3) is 0 Å². The molecule has 0 saturated heterocycles. The minimum absolute atomic E-state index is 0.169. The van der Waals surface area contributed by atoms with Crippen molar-refractivity contribution in [2.45, 2.75) is 24.3 Å². The molecule has 0 radical (unpaired) electrons. The van der Waals surface area contributed by atoms with Crippen LogP contribution in [0.1, 0.15) is 24.1 Å². The topological polar surface area (TPSA) is 55.8 Å². The van der Waals surface area contributed by atoms with Crippen LogP contribution in [0.15, 0.2) is 41.3 Å². The lowest BCUT2D eigenvalue weighted by molar-refractivity contribution is 0.325. The second-order valence-electron chi connectivity index (χ2n) is 5.90. The average Bonchev–Trinajstić information content (AvgIpc) is 2.61. The van der Waals surface area contributed by atoms with Crippen molar-refractivity contribution >= 4 is 21.6 Å². The molecule has 0 spiro atoms. The van der Waals surface area contributed by atoms with Gasteiger partial charge in [-0.05, 0) is 54.8 Å². The molecule has 2 aromatic rings. The van der Waals surface area contributed by atoms with E-state index in [4.69, 9.17) is 21.1 Å². The van der Waals surface area contributed by atoms with Gasteiger partial charge in [-0.25, -0.2) is 8.42 Å². The van der Waals surface area contributed by atoms with E-state index in [1.54, 1.807) is 13.2 Å². The van der Waals surface area contributed by atoms with Gasteiger partial charge in [0.1, 0.15) is 11.5 Å². The van der Waals surface area contributed by atoms with E-state index in [0.29, 0.717) is 18.7 Å². The maximum absolute atomic E-state index is 13.1. The fourth-order valence-corrected chi connectivity index (χ4v) is 5.15. The summed E-state index contributed by atoms with van der Waals surface area (Å²) in [6, 6.07) is 10.0. The second kappa shape index (κ2) is 6.86. The molecule has 1 heterocycles. The normalized spacial score (nSPS) is 17.8. The summed E-state index contributed by atoms with van der Waals surface area (Å²) >= 11 is 6.10. The molecule has 1 unspecified atom stereocenters. The zero-order valence-electron chi connectivity index (χ0n) is 14.3. The van der Waals surface area contributed by atoms with E-state index in [1.165, 1.54) is 23.5 Å². The first-order chi connectivity index (χ1) is 11.9. The predicted molar refractivity (Wildman–Crippen MR) is 97.0 cm³/mol. The molecule has 0 aliphatic carbocycles. The monoisotopic (exact) mass is 381 g/mol. The van der Waals surface area contributed by atoms with Crippen molar-refractivity contribution in [2.24, 2.45) is 0 Å². The van der Waals surface area contributed by atoms with Gasteiger partial charge in [-0.1, -0.05) is 17.7 Å². The third-order valence-electron chi connectivity index (χ3n) is 4.56. The van der Waals surface area contributed by atoms with Crippen molar-refractivity contribution in [1.29, 1.82) is 0 Å². The van der Waals surface area contributed by atoms with E-state index >= 15 is 0 Å². The van der Waals surface area contributed by atoms with Crippen LogP contribution in [-0.4, -0.2) is 33.5 Å². The SMILES string of the molecule is COc1ccc2c(c1)CCN(S(=O)(=O)c1ccc(OC)c(Cl)c1)C2C. The van der Waals surface area contributed by atoms with E-state index in [-0.39, 0.29) is 16.0 Å². The van der Waals surface area contributed by atoms with Gasteiger partial charge in [0.05, 0.1) is 24.1 Å². The summed E-state index contributed by atoms with van der Waals surface area (Å²) in [4.78, 5) is 0.169. The van der Waals surface area contributed by atoms with E-state index in [0.717, 1.165) is 16.9 Å². The van der Waals surface area contributed by atoms with Gasteiger partial charge >= 0.3 is 0 Å². The van der Waals surface area contributed by atoms with Crippen LogP contribution in [0.5, 0.6) is 11.5 Å². The highest BCUT2D eigenvalue weighted by Gasteiger charge is 2.34. The summed E-state index contributed by atoms with van der Waals surface area (Å²) in [5.41, 5.74) is 2.11. The standard InChI is InChI=1S/C18H20ClNO4S/c1-12-16-6-4-14(23-2)10-13(16)8-9-20(12)25(21,22)15-5-7-18(24-3)17(19)11-15/h4-7,10-12H,8-9H2,1-3H3. The number of sulfonamides is 1. The van der Waals surface area contributed by atoms with Gasteiger partial charge in [0.2, 0.25) is 10.0 Å². The van der Waals surface area contributed by atoms with Crippen LogP contribution in [0, 0.1) is 0 Å². The highest BCUT2D eigenvalue weighted by Crippen LogP contribution is 2.36. The van der Waals surface area contributed by atoms with Crippen molar-refractivity contribution < 1.29 is 17.9 Å². The van der Waals surface area contributed by atoms with Crippen molar-refractivity contribution in [1.82, 2.24) is 4.31 Å².